The Hall–Kier alpha value is -1.28. The van der Waals surface area contributed by atoms with Crippen molar-refractivity contribution < 1.29 is 0 Å². The molecule has 96 valence electrons. The summed E-state index contributed by atoms with van der Waals surface area (Å²) < 4.78 is 0. The zero-order chi connectivity index (χ0) is 12.5. The first-order chi connectivity index (χ1) is 8.75. The van der Waals surface area contributed by atoms with Gasteiger partial charge in [-0.25, -0.2) is 0 Å². The monoisotopic (exact) mass is 242 g/mol. The number of nitrogens with one attached hydrogen (secondary N) is 2. The van der Waals surface area contributed by atoms with Crippen LogP contribution in [-0.4, -0.2) is 18.1 Å². The Balaban J connectivity index is 1.90. The number of H-pyrrole nitrogens is 1. The summed E-state index contributed by atoms with van der Waals surface area (Å²) in [7, 11) is 0. The lowest BCUT2D eigenvalue weighted by Gasteiger charge is -2.22. The van der Waals surface area contributed by atoms with Crippen LogP contribution in [0.5, 0.6) is 0 Å². The molecule has 1 aromatic heterocycles. The van der Waals surface area contributed by atoms with Gasteiger partial charge in [0.15, 0.2) is 0 Å². The number of piperidine rings is 1. The largest absolute Gasteiger partial charge is 0.361 e. The highest BCUT2D eigenvalue weighted by atomic mass is 14.9. The summed E-state index contributed by atoms with van der Waals surface area (Å²) in [6.07, 6.45) is 6.08. The molecule has 0 unspecified atom stereocenters. The van der Waals surface area contributed by atoms with E-state index in [9.17, 15) is 0 Å². The van der Waals surface area contributed by atoms with E-state index >= 15 is 0 Å². The van der Waals surface area contributed by atoms with Crippen molar-refractivity contribution in [3.05, 3.63) is 35.0 Å². The predicted molar refractivity (Wildman–Crippen MR) is 77.1 cm³/mol. The van der Waals surface area contributed by atoms with Crippen LogP contribution in [-0.2, 0) is 6.42 Å². The molecule has 2 N–H and O–H groups in total. The van der Waals surface area contributed by atoms with Crippen molar-refractivity contribution in [1.82, 2.24) is 10.3 Å². The minimum absolute atomic E-state index is 0.854. The Morgan fingerprint density at radius 1 is 1.17 bits per heavy atom. The van der Waals surface area contributed by atoms with Gasteiger partial charge in [-0.1, -0.05) is 12.1 Å². The van der Waals surface area contributed by atoms with E-state index in [1.165, 1.54) is 59.9 Å². The molecule has 1 aliphatic heterocycles. The van der Waals surface area contributed by atoms with Gasteiger partial charge in [0, 0.05) is 17.1 Å². The van der Waals surface area contributed by atoms with Gasteiger partial charge in [-0.05, 0) is 68.8 Å². The van der Waals surface area contributed by atoms with Crippen molar-refractivity contribution in [2.75, 3.05) is 13.1 Å². The Bertz CT molecular complexity index is 547. The number of hydrogen-bond donors (Lipinski definition) is 2. The number of aromatic amines is 1. The van der Waals surface area contributed by atoms with E-state index in [0.29, 0.717) is 0 Å². The van der Waals surface area contributed by atoms with Gasteiger partial charge in [0.1, 0.15) is 0 Å². The smallest absolute Gasteiger partial charge is 0.0489 e. The molecular formula is C16H22N2. The van der Waals surface area contributed by atoms with Crippen LogP contribution >= 0.6 is 0 Å². The highest BCUT2D eigenvalue weighted by Crippen LogP contribution is 2.27. The van der Waals surface area contributed by atoms with E-state index in [4.69, 9.17) is 0 Å². The zero-order valence-electron chi connectivity index (χ0n) is 11.3. The Morgan fingerprint density at radius 2 is 1.94 bits per heavy atom. The minimum Gasteiger partial charge on any atom is -0.361 e. The van der Waals surface area contributed by atoms with Crippen molar-refractivity contribution in [3.8, 4) is 0 Å². The van der Waals surface area contributed by atoms with Crippen LogP contribution in [0.2, 0.25) is 0 Å². The first kappa shape index (κ1) is 11.8. The molecule has 0 aliphatic carbocycles. The minimum atomic E-state index is 0.854. The Morgan fingerprint density at radius 3 is 2.72 bits per heavy atom. The van der Waals surface area contributed by atoms with E-state index in [1.54, 1.807) is 0 Å². The molecule has 2 heterocycles. The van der Waals surface area contributed by atoms with Crippen LogP contribution in [0, 0.1) is 19.8 Å². The lowest BCUT2D eigenvalue weighted by Crippen LogP contribution is -2.28. The van der Waals surface area contributed by atoms with Crippen molar-refractivity contribution in [2.45, 2.75) is 33.1 Å². The summed E-state index contributed by atoms with van der Waals surface area (Å²) >= 11 is 0. The molecule has 2 aromatic rings. The molecule has 2 nitrogen and oxygen atoms in total. The number of hydrogen-bond acceptors (Lipinski definition) is 1. The lowest BCUT2D eigenvalue weighted by atomic mass is 9.90. The van der Waals surface area contributed by atoms with Crippen LogP contribution < -0.4 is 5.32 Å². The third-order valence-electron chi connectivity index (χ3n) is 4.44. The SMILES string of the molecule is Cc1ccc2c(CC3CCNCC3)c[nH]c2c1C. The first-order valence-corrected chi connectivity index (χ1v) is 7.02. The third-order valence-corrected chi connectivity index (χ3v) is 4.44. The molecule has 0 bridgehead atoms. The highest BCUT2D eigenvalue weighted by molar-refractivity contribution is 5.86. The molecule has 0 atom stereocenters. The topological polar surface area (TPSA) is 27.8 Å². The van der Waals surface area contributed by atoms with Gasteiger partial charge in [0.05, 0.1) is 0 Å². The maximum atomic E-state index is 3.47. The van der Waals surface area contributed by atoms with Crippen LogP contribution in [0.3, 0.4) is 0 Å². The van der Waals surface area contributed by atoms with Crippen LogP contribution in [0.4, 0.5) is 0 Å². The van der Waals surface area contributed by atoms with Crippen LogP contribution in [0.15, 0.2) is 18.3 Å². The van der Waals surface area contributed by atoms with Crippen LogP contribution in [0.1, 0.15) is 29.5 Å². The van der Waals surface area contributed by atoms with Crippen molar-refractivity contribution in [2.24, 2.45) is 5.92 Å². The van der Waals surface area contributed by atoms with E-state index < -0.39 is 0 Å². The summed E-state index contributed by atoms with van der Waals surface area (Å²) in [5.41, 5.74) is 5.60. The third kappa shape index (κ3) is 2.05. The number of aromatic nitrogens is 1. The Kier molecular flexibility index (Phi) is 3.13. The molecule has 3 rings (SSSR count). The summed E-state index contributed by atoms with van der Waals surface area (Å²) in [5.74, 6) is 0.854. The standard InChI is InChI=1S/C16H22N2/c1-11-3-4-15-14(10-18-16(15)12(11)2)9-13-5-7-17-8-6-13/h3-4,10,13,17-18H,5-9H2,1-2H3. The fourth-order valence-corrected chi connectivity index (χ4v) is 3.07. The summed E-state index contributed by atoms with van der Waals surface area (Å²) in [5, 5.41) is 4.87. The molecule has 1 fully saturated rings. The predicted octanol–water partition coefficient (Wildman–Crippen LogP) is 3.33. The summed E-state index contributed by atoms with van der Waals surface area (Å²) in [4.78, 5) is 3.47. The molecule has 1 aliphatic rings. The second-order valence-corrected chi connectivity index (χ2v) is 5.64. The number of fused-ring (bicyclic) bond motifs is 1. The quantitative estimate of drug-likeness (QED) is 0.830. The zero-order valence-corrected chi connectivity index (χ0v) is 11.3. The van der Waals surface area contributed by atoms with E-state index in [0.717, 1.165) is 5.92 Å². The number of aryl methyl sites for hydroxylation is 2. The second-order valence-electron chi connectivity index (χ2n) is 5.64. The molecule has 0 spiro atoms. The van der Waals surface area contributed by atoms with Gasteiger partial charge in [-0.2, -0.15) is 0 Å². The molecule has 0 radical (unpaired) electrons. The number of benzene rings is 1. The molecular weight excluding hydrogens is 220 g/mol. The van der Waals surface area contributed by atoms with Gasteiger partial charge in [0.25, 0.3) is 0 Å². The van der Waals surface area contributed by atoms with Gasteiger partial charge < -0.3 is 10.3 Å². The van der Waals surface area contributed by atoms with Gasteiger partial charge in [0.2, 0.25) is 0 Å². The molecule has 1 aromatic carbocycles. The molecule has 0 amide bonds. The van der Waals surface area contributed by atoms with E-state index in [2.05, 4.69) is 42.5 Å². The molecule has 2 heteroatoms. The van der Waals surface area contributed by atoms with Crippen LogP contribution in [0.25, 0.3) is 10.9 Å². The number of rotatable bonds is 2. The lowest BCUT2D eigenvalue weighted by molar-refractivity contribution is 0.373. The van der Waals surface area contributed by atoms with Crippen molar-refractivity contribution in [1.29, 1.82) is 0 Å². The van der Waals surface area contributed by atoms with E-state index in [1.807, 2.05) is 0 Å². The fourth-order valence-electron chi connectivity index (χ4n) is 3.07. The van der Waals surface area contributed by atoms with Gasteiger partial charge >= 0.3 is 0 Å². The van der Waals surface area contributed by atoms with Crippen molar-refractivity contribution in [3.63, 3.8) is 0 Å². The Labute approximate surface area is 109 Å². The normalized spacial score (nSPS) is 17.4. The van der Waals surface area contributed by atoms with Gasteiger partial charge in [-0.15, -0.1) is 0 Å². The highest BCUT2D eigenvalue weighted by Gasteiger charge is 2.16. The van der Waals surface area contributed by atoms with Gasteiger partial charge in [-0.3, -0.25) is 0 Å². The van der Waals surface area contributed by atoms with E-state index in [-0.39, 0.29) is 0 Å². The summed E-state index contributed by atoms with van der Waals surface area (Å²) in [6, 6.07) is 4.53. The van der Waals surface area contributed by atoms with Crippen molar-refractivity contribution >= 4 is 10.9 Å². The maximum Gasteiger partial charge on any atom is 0.0489 e. The second kappa shape index (κ2) is 4.77. The fraction of sp³-hybridized carbons (Fsp3) is 0.500. The first-order valence-electron chi connectivity index (χ1n) is 7.02. The maximum absolute atomic E-state index is 3.47. The molecule has 1 saturated heterocycles. The average molecular weight is 242 g/mol. The summed E-state index contributed by atoms with van der Waals surface area (Å²) in [6.45, 7) is 6.76. The molecule has 18 heavy (non-hydrogen) atoms. The molecule has 0 saturated carbocycles. The average Bonchev–Trinajstić information content (AvgIpc) is 2.79.